The van der Waals surface area contributed by atoms with Crippen molar-refractivity contribution in [3.8, 4) is 11.1 Å². The topological polar surface area (TPSA) is 123 Å². The number of rotatable bonds is 6. The monoisotopic (exact) mass is 434 g/mol. The van der Waals surface area contributed by atoms with E-state index in [4.69, 9.17) is 9.84 Å². The number of carboxylic acids is 1. The van der Waals surface area contributed by atoms with Crippen LogP contribution in [0.3, 0.4) is 0 Å². The summed E-state index contributed by atoms with van der Waals surface area (Å²) in [6.45, 7) is 1.63. The van der Waals surface area contributed by atoms with E-state index >= 15 is 0 Å². The van der Waals surface area contributed by atoms with Crippen LogP contribution < -0.4 is 10.6 Å². The van der Waals surface area contributed by atoms with E-state index in [2.05, 4.69) is 15.7 Å². The van der Waals surface area contributed by atoms with Crippen molar-refractivity contribution in [1.29, 1.82) is 0 Å². The molecule has 4 rings (SSSR count). The molecule has 1 atom stereocenters. The van der Waals surface area contributed by atoms with Crippen molar-refractivity contribution in [2.24, 2.45) is 7.05 Å². The molecule has 3 N–H and O–H groups in total. The van der Waals surface area contributed by atoms with Crippen molar-refractivity contribution < 1.29 is 24.2 Å². The molecular weight excluding hydrogens is 412 g/mol. The summed E-state index contributed by atoms with van der Waals surface area (Å²) in [7, 11) is 1.46. The standard InChI is InChI=1S/C23H22N4O5/c1-13(21(28)25-20-11-19(22(29)30)27(2)26-20)24-23(31)32-12-18-16-9-5-3-7-14(16)15-8-4-6-10-17(15)18/h3-11,13,18H,12H2,1-2H3,(H,24,31)(H,29,30)(H,25,26,28)/t13-/m0/s1. The summed E-state index contributed by atoms with van der Waals surface area (Å²) in [4.78, 5) is 35.8. The largest absolute Gasteiger partial charge is 0.477 e. The molecule has 0 spiro atoms. The summed E-state index contributed by atoms with van der Waals surface area (Å²) >= 11 is 0. The molecule has 1 aromatic heterocycles. The van der Waals surface area contributed by atoms with Crippen LogP contribution in [-0.4, -0.2) is 45.5 Å². The average molecular weight is 434 g/mol. The molecule has 0 radical (unpaired) electrons. The van der Waals surface area contributed by atoms with Crippen LogP contribution in [0.4, 0.5) is 10.6 Å². The van der Waals surface area contributed by atoms with Crippen molar-refractivity contribution in [2.45, 2.75) is 18.9 Å². The fraction of sp³-hybridized carbons (Fsp3) is 0.217. The van der Waals surface area contributed by atoms with Crippen LogP contribution in [0.5, 0.6) is 0 Å². The zero-order valence-corrected chi connectivity index (χ0v) is 17.5. The van der Waals surface area contributed by atoms with Crippen LogP contribution in [0.25, 0.3) is 11.1 Å². The molecule has 0 bridgehead atoms. The summed E-state index contributed by atoms with van der Waals surface area (Å²) in [5, 5.41) is 18.0. The third-order valence-electron chi connectivity index (χ3n) is 5.42. The molecule has 1 aliphatic carbocycles. The smallest absolute Gasteiger partial charge is 0.407 e. The van der Waals surface area contributed by atoms with Gasteiger partial charge in [0.15, 0.2) is 5.82 Å². The molecule has 9 heteroatoms. The number of fused-ring (bicyclic) bond motifs is 3. The van der Waals surface area contributed by atoms with Gasteiger partial charge in [-0.2, -0.15) is 5.10 Å². The lowest BCUT2D eigenvalue weighted by atomic mass is 9.98. The first-order valence-corrected chi connectivity index (χ1v) is 10.0. The number of aryl methyl sites for hydroxylation is 1. The van der Waals surface area contributed by atoms with Gasteiger partial charge in [-0.05, 0) is 29.2 Å². The number of ether oxygens (including phenoxy) is 1. The Hall–Kier alpha value is -4.14. The average Bonchev–Trinajstić information content (AvgIpc) is 3.30. The van der Waals surface area contributed by atoms with Crippen molar-refractivity contribution in [3.05, 3.63) is 71.4 Å². The Morgan fingerprint density at radius 2 is 1.69 bits per heavy atom. The highest BCUT2D eigenvalue weighted by Crippen LogP contribution is 2.44. The molecule has 0 aliphatic heterocycles. The number of amides is 2. The van der Waals surface area contributed by atoms with Gasteiger partial charge in [0.1, 0.15) is 18.3 Å². The lowest BCUT2D eigenvalue weighted by Crippen LogP contribution is -2.42. The Kier molecular flexibility index (Phi) is 5.63. The van der Waals surface area contributed by atoms with Crippen molar-refractivity contribution >= 4 is 23.8 Å². The van der Waals surface area contributed by atoms with E-state index < -0.39 is 24.0 Å². The molecular formula is C23H22N4O5. The summed E-state index contributed by atoms with van der Waals surface area (Å²) < 4.78 is 6.58. The fourth-order valence-electron chi connectivity index (χ4n) is 3.85. The molecule has 0 unspecified atom stereocenters. The van der Waals surface area contributed by atoms with Gasteiger partial charge in [-0.3, -0.25) is 9.48 Å². The highest BCUT2D eigenvalue weighted by Gasteiger charge is 2.29. The van der Waals surface area contributed by atoms with Crippen LogP contribution >= 0.6 is 0 Å². The maximum absolute atomic E-state index is 12.3. The Morgan fingerprint density at radius 1 is 1.09 bits per heavy atom. The van der Waals surface area contributed by atoms with Gasteiger partial charge >= 0.3 is 12.1 Å². The van der Waals surface area contributed by atoms with Gasteiger partial charge in [-0.1, -0.05) is 48.5 Å². The van der Waals surface area contributed by atoms with E-state index in [1.165, 1.54) is 20.0 Å². The van der Waals surface area contributed by atoms with Crippen molar-refractivity contribution in [3.63, 3.8) is 0 Å². The molecule has 0 saturated heterocycles. The minimum absolute atomic E-state index is 0.0718. The molecule has 9 nitrogen and oxygen atoms in total. The first-order valence-electron chi connectivity index (χ1n) is 10.0. The third-order valence-corrected chi connectivity index (χ3v) is 5.42. The molecule has 0 saturated carbocycles. The predicted molar refractivity (Wildman–Crippen MR) is 116 cm³/mol. The van der Waals surface area contributed by atoms with Crippen molar-refractivity contribution in [2.75, 3.05) is 11.9 Å². The highest BCUT2D eigenvalue weighted by atomic mass is 16.5. The van der Waals surface area contributed by atoms with Crippen LogP contribution in [0.2, 0.25) is 0 Å². The van der Waals surface area contributed by atoms with Crippen LogP contribution in [0.1, 0.15) is 34.5 Å². The Morgan fingerprint density at radius 3 is 2.25 bits per heavy atom. The lowest BCUT2D eigenvalue weighted by molar-refractivity contribution is -0.117. The van der Waals surface area contributed by atoms with E-state index in [1.54, 1.807) is 0 Å². The number of carbonyl (C=O) groups is 3. The number of alkyl carbamates (subject to hydrolysis) is 1. The second-order valence-corrected chi connectivity index (χ2v) is 7.52. The molecule has 1 aliphatic rings. The quantitative estimate of drug-likeness (QED) is 0.548. The molecule has 1 heterocycles. The zero-order valence-electron chi connectivity index (χ0n) is 17.5. The van der Waals surface area contributed by atoms with Gasteiger partial charge < -0.3 is 20.5 Å². The Labute approximate surface area is 184 Å². The second kappa shape index (κ2) is 8.54. The maximum atomic E-state index is 12.3. The maximum Gasteiger partial charge on any atom is 0.407 e. The minimum atomic E-state index is -1.16. The Balaban J connectivity index is 1.35. The number of hydrogen-bond donors (Lipinski definition) is 3. The van der Waals surface area contributed by atoms with Crippen molar-refractivity contribution in [1.82, 2.24) is 15.1 Å². The summed E-state index contributed by atoms with van der Waals surface area (Å²) in [5.74, 6) is -1.71. The van der Waals surface area contributed by atoms with E-state index in [0.717, 1.165) is 26.9 Å². The van der Waals surface area contributed by atoms with Gasteiger partial charge in [-0.15, -0.1) is 0 Å². The highest BCUT2D eigenvalue weighted by molar-refractivity contribution is 5.96. The van der Waals surface area contributed by atoms with E-state index in [9.17, 15) is 14.4 Å². The normalized spacial score (nSPS) is 13.1. The summed E-state index contributed by atoms with van der Waals surface area (Å²) in [6, 6.07) is 16.3. The second-order valence-electron chi connectivity index (χ2n) is 7.52. The van der Waals surface area contributed by atoms with Crippen LogP contribution in [0, 0.1) is 0 Å². The van der Waals surface area contributed by atoms with Crippen LogP contribution in [-0.2, 0) is 16.6 Å². The molecule has 0 fully saturated rings. The number of aromatic carboxylic acids is 1. The number of carboxylic acid groups (broad SMARTS) is 1. The molecule has 2 amide bonds. The SMILES string of the molecule is C[C@H](NC(=O)OCC1c2ccccc2-c2ccccc21)C(=O)Nc1cc(C(=O)O)n(C)n1. The minimum Gasteiger partial charge on any atom is -0.477 e. The number of hydrogen-bond acceptors (Lipinski definition) is 5. The number of benzene rings is 2. The van der Waals surface area contributed by atoms with Gasteiger partial charge in [0.25, 0.3) is 0 Å². The van der Waals surface area contributed by atoms with E-state index in [0.29, 0.717) is 0 Å². The molecule has 164 valence electrons. The first kappa shape index (κ1) is 21.1. The molecule has 2 aromatic carbocycles. The van der Waals surface area contributed by atoms with Crippen LogP contribution in [0.15, 0.2) is 54.6 Å². The number of carbonyl (C=O) groups excluding carboxylic acids is 2. The van der Waals surface area contributed by atoms with E-state index in [1.807, 2.05) is 48.5 Å². The Bertz CT molecular complexity index is 1160. The number of aromatic nitrogens is 2. The summed E-state index contributed by atoms with van der Waals surface area (Å²) in [6.07, 6.45) is -0.721. The van der Waals surface area contributed by atoms with Gasteiger partial charge in [0.05, 0.1) is 0 Å². The van der Waals surface area contributed by atoms with Gasteiger partial charge in [0.2, 0.25) is 5.91 Å². The zero-order chi connectivity index (χ0) is 22.8. The fourth-order valence-corrected chi connectivity index (χ4v) is 3.85. The molecule has 32 heavy (non-hydrogen) atoms. The van der Waals surface area contributed by atoms with Gasteiger partial charge in [0, 0.05) is 19.0 Å². The third kappa shape index (κ3) is 4.04. The summed E-state index contributed by atoms with van der Waals surface area (Å²) in [5.41, 5.74) is 4.37. The lowest BCUT2D eigenvalue weighted by Gasteiger charge is -2.16. The number of nitrogens with one attached hydrogen (secondary N) is 2. The molecule has 3 aromatic rings. The first-order chi connectivity index (χ1) is 15.3. The van der Waals surface area contributed by atoms with Gasteiger partial charge in [-0.25, -0.2) is 9.59 Å². The van der Waals surface area contributed by atoms with E-state index in [-0.39, 0.29) is 24.0 Å². The number of anilines is 1. The predicted octanol–water partition coefficient (Wildman–Crippen LogP) is 2.98. The number of nitrogens with zero attached hydrogens (tertiary/aromatic N) is 2.